The van der Waals surface area contributed by atoms with E-state index in [0.717, 1.165) is 28.1 Å². The van der Waals surface area contributed by atoms with Gasteiger partial charge in [0.2, 0.25) is 0 Å². The Morgan fingerprint density at radius 1 is 1.21 bits per heavy atom. The molecule has 1 aliphatic rings. The van der Waals surface area contributed by atoms with E-state index in [4.69, 9.17) is 17.3 Å². The molecule has 1 fully saturated rings. The predicted octanol–water partition coefficient (Wildman–Crippen LogP) is 5.07. The summed E-state index contributed by atoms with van der Waals surface area (Å²) >= 11 is 7.68. The first kappa shape index (κ1) is 23.2. The number of fused-ring (bicyclic) bond motifs is 3. The van der Waals surface area contributed by atoms with Crippen LogP contribution in [-0.4, -0.2) is 46.4 Å². The maximum atomic E-state index is 14.3. The molecule has 0 radical (unpaired) electrons. The summed E-state index contributed by atoms with van der Waals surface area (Å²) in [6.45, 7) is 4.10. The Morgan fingerprint density at radius 3 is 2.79 bits per heavy atom. The number of likely N-dealkylation sites (tertiary alicyclic amines) is 1. The molecule has 34 heavy (non-hydrogen) atoms. The standard InChI is InChI=1S/C25H27ClFN5OS/c26-19-11-17(12-20(27)18(19)14-28)21-15-32-22-6-5-16(13-23(22)34-25(32)30-21)24(33)29-7-4-10-31-8-2-1-3-9-31/h5-6,11-13,15H,1-4,7-10,14,28H2,(H,29,33). The number of hydrogen-bond acceptors (Lipinski definition) is 5. The lowest BCUT2D eigenvalue weighted by molar-refractivity contribution is 0.0951. The van der Waals surface area contributed by atoms with Gasteiger partial charge in [0.25, 0.3) is 5.91 Å². The number of rotatable bonds is 7. The van der Waals surface area contributed by atoms with Crippen molar-refractivity contribution in [3.8, 4) is 11.3 Å². The van der Waals surface area contributed by atoms with Gasteiger partial charge in [-0.15, -0.1) is 0 Å². The molecule has 178 valence electrons. The number of nitrogens with zero attached hydrogens (tertiary/aromatic N) is 3. The number of halogens is 2. The largest absolute Gasteiger partial charge is 0.352 e. The van der Waals surface area contributed by atoms with E-state index in [0.29, 0.717) is 34.0 Å². The lowest BCUT2D eigenvalue weighted by Crippen LogP contribution is -2.33. The maximum absolute atomic E-state index is 14.3. The maximum Gasteiger partial charge on any atom is 0.251 e. The molecule has 1 saturated heterocycles. The van der Waals surface area contributed by atoms with Crippen molar-refractivity contribution in [1.29, 1.82) is 0 Å². The van der Waals surface area contributed by atoms with Gasteiger partial charge in [-0.25, -0.2) is 9.37 Å². The number of carbonyl (C=O) groups excluding carboxylic acids is 1. The second-order valence-electron chi connectivity index (χ2n) is 8.70. The zero-order valence-corrected chi connectivity index (χ0v) is 20.4. The molecule has 5 rings (SSSR count). The van der Waals surface area contributed by atoms with Gasteiger partial charge in [0.05, 0.1) is 15.9 Å². The van der Waals surface area contributed by atoms with Crippen molar-refractivity contribution in [3.63, 3.8) is 0 Å². The molecule has 4 aromatic rings. The van der Waals surface area contributed by atoms with E-state index in [9.17, 15) is 9.18 Å². The third-order valence-electron chi connectivity index (χ3n) is 6.38. The fourth-order valence-electron chi connectivity index (χ4n) is 4.52. The Labute approximate surface area is 206 Å². The average Bonchev–Trinajstić information content (AvgIpc) is 3.40. The Morgan fingerprint density at radius 2 is 2.03 bits per heavy atom. The second-order valence-corrected chi connectivity index (χ2v) is 10.1. The molecule has 0 aliphatic carbocycles. The molecule has 1 aliphatic heterocycles. The molecular weight excluding hydrogens is 473 g/mol. The summed E-state index contributed by atoms with van der Waals surface area (Å²) in [7, 11) is 0. The number of imidazole rings is 1. The fraction of sp³-hybridized carbons (Fsp3) is 0.360. The van der Waals surface area contributed by atoms with Crippen LogP contribution in [0.15, 0.2) is 36.5 Å². The first-order valence-electron chi connectivity index (χ1n) is 11.6. The summed E-state index contributed by atoms with van der Waals surface area (Å²) in [5.41, 5.74) is 8.70. The summed E-state index contributed by atoms with van der Waals surface area (Å²) < 4.78 is 17.2. The molecular formula is C25H27ClFN5OS. The van der Waals surface area contributed by atoms with Crippen LogP contribution in [0.4, 0.5) is 4.39 Å². The van der Waals surface area contributed by atoms with Gasteiger partial charge in [-0.2, -0.15) is 0 Å². The molecule has 1 amide bonds. The van der Waals surface area contributed by atoms with Gasteiger partial charge in [0.15, 0.2) is 4.96 Å². The van der Waals surface area contributed by atoms with Crippen LogP contribution in [0.25, 0.3) is 26.4 Å². The van der Waals surface area contributed by atoms with Gasteiger partial charge >= 0.3 is 0 Å². The highest BCUT2D eigenvalue weighted by atomic mass is 35.5. The molecule has 3 N–H and O–H groups in total. The highest BCUT2D eigenvalue weighted by molar-refractivity contribution is 7.23. The SMILES string of the molecule is NCc1c(F)cc(-c2cn3c(n2)sc2cc(C(=O)NCCCN4CCCCC4)ccc23)cc1Cl. The smallest absolute Gasteiger partial charge is 0.251 e. The zero-order valence-electron chi connectivity index (χ0n) is 18.8. The Bertz CT molecular complexity index is 1320. The fourth-order valence-corrected chi connectivity index (χ4v) is 5.85. The van der Waals surface area contributed by atoms with Crippen LogP contribution >= 0.6 is 22.9 Å². The highest BCUT2D eigenvalue weighted by Crippen LogP contribution is 2.32. The van der Waals surface area contributed by atoms with Crippen LogP contribution in [0.5, 0.6) is 0 Å². The first-order valence-corrected chi connectivity index (χ1v) is 12.8. The van der Waals surface area contributed by atoms with Crippen molar-refractivity contribution < 1.29 is 9.18 Å². The number of hydrogen-bond donors (Lipinski definition) is 2. The molecule has 2 aromatic heterocycles. The van der Waals surface area contributed by atoms with E-state index < -0.39 is 5.82 Å². The summed E-state index contributed by atoms with van der Waals surface area (Å²) in [6, 6.07) is 8.77. The number of benzene rings is 2. The number of aromatic nitrogens is 2. The third-order valence-corrected chi connectivity index (χ3v) is 7.74. The normalized spacial score (nSPS) is 14.8. The van der Waals surface area contributed by atoms with Crippen LogP contribution < -0.4 is 11.1 Å². The molecule has 6 nitrogen and oxygen atoms in total. The molecule has 0 bridgehead atoms. The number of amides is 1. The van der Waals surface area contributed by atoms with E-state index in [2.05, 4.69) is 15.2 Å². The lowest BCUT2D eigenvalue weighted by atomic mass is 10.1. The summed E-state index contributed by atoms with van der Waals surface area (Å²) in [5.74, 6) is -0.491. The van der Waals surface area contributed by atoms with Gasteiger partial charge in [-0.05, 0) is 69.2 Å². The summed E-state index contributed by atoms with van der Waals surface area (Å²) in [5, 5.41) is 3.34. The van der Waals surface area contributed by atoms with E-state index in [1.807, 2.05) is 28.8 Å². The van der Waals surface area contributed by atoms with E-state index in [1.165, 1.54) is 49.8 Å². The highest BCUT2D eigenvalue weighted by Gasteiger charge is 2.16. The van der Waals surface area contributed by atoms with Crippen molar-refractivity contribution in [2.75, 3.05) is 26.2 Å². The molecule has 0 saturated carbocycles. The lowest BCUT2D eigenvalue weighted by Gasteiger charge is -2.26. The van der Waals surface area contributed by atoms with Gasteiger partial charge in [0, 0.05) is 41.0 Å². The van der Waals surface area contributed by atoms with Crippen molar-refractivity contribution in [1.82, 2.24) is 19.6 Å². The van der Waals surface area contributed by atoms with Crippen molar-refractivity contribution in [3.05, 3.63) is 58.5 Å². The van der Waals surface area contributed by atoms with E-state index in [1.54, 1.807) is 6.07 Å². The minimum absolute atomic E-state index is 0.0439. The molecule has 2 aromatic carbocycles. The molecule has 3 heterocycles. The van der Waals surface area contributed by atoms with Crippen LogP contribution in [0, 0.1) is 5.82 Å². The van der Waals surface area contributed by atoms with E-state index in [-0.39, 0.29) is 12.5 Å². The number of piperidine rings is 1. The summed E-state index contributed by atoms with van der Waals surface area (Å²) in [4.78, 5) is 20.6. The Kier molecular flexibility index (Phi) is 6.83. The van der Waals surface area contributed by atoms with Gasteiger partial charge in [-0.1, -0.05) is 29.4 Å². The minimum atomic E-state index is -0.433. The average molecular weight is 500 g/mol. The number of thiazole rings is 1. The topological polar surface area (TPSA) is 75.7 Å². The molecule has 0 spiro atoms. The number of nitrogens with one attached hydrogen (secondary N) is 1. The van der Waals surface area contributed by atoms with Crippen LogP contribution in [0.2, 0.25) is 5.02 Å². The minimum Gasteiger partial charge on any atom is -0.352 e. The van der Waals surface area contributed by atoms with Gasteiger partial charge in [-0.3, -0.25) is 9.20 Å². The Hall–Kier alpha value is -2.52. The van der Waals surface area contributed by atoms with E-state index >= 15 is 0 Å². The second kappa shape index (κ2) is 10.00. The number of carbonyl (C=O) groups is 1. The van der Waals surface area contributed by atoms with Crippen LogP contribution in [0.3, 0.4) is 0 Å². The number of nitrogens with two attached hydrogens (primary N) is 1. The monoisotopic (exact) mass is 499 g/mol. The van der Waals surface area contributed by atoms with Crippen molar-refractivity contribution in [2.45, 2.75) is 32.2 Å². The van der Waals surface area contributed by atoms with Gasteiger partial charge in [0.1, 0.15) is 5.82 Å². The molecule has 0 unspecified atom stereocenters. The van der Waals surface area contributed by atoms with Crippen LogP contribution in [0.1, 0.15) is 41.6 Å². The van der Waals surface area contributed by atoms with Crippen molar-refractivity contribution >= 4 is 44.0 Å². The molecule has 0 atom stereocenters. The molecule has 9 heteroatoms. The Balaban J connectivity index is 1.29. The third kappa shape index (κ3) is 4.68. The zero-order chi connectivity index (χ0) is 23.7. The quantitative estimate of drug-likeness (QED) is 0.348. The van der Waals surface area contributed by atoms with Crippen LogP contribution in [-0.2, 0) is 6.54 Å². The van der Waals surface area contributed by atoms with Gasteiger partial charge < -0.3 is 16.0 Å². The first-order chi connectivity index (χ1) is 16.5. The van der Waals surface area contributed by atoms with Crippen molar-refractivity contribution in [2.24, 2.45) is 5.73 Å². The summed E-state index contributed by atoms with van der Waals surface area (Å²) in [6.07, 6.45) is 6.72. The predicted molar refractivity (Wildman–Crippen MR) is 136 cm³/mol.